The highest BCUT2D eigenvalue weighted by Gasteiger charge is 2.40. The summed E-state index contributed by atoms with van der Waals surface area (Å²) >= 11 is 0. The van der Waals surface area contributed by atoms with Gasteiger partial charge in [0.15, 0.2) is 5.60 Å². The third-order valence-corrected chi connectivity index (χ3v) is 6.74. The third kappa shape index (κ3) is 8.91. The summed E-state index contributed by atoms with van der Waals surface area (Å²) in [5, 5.41) is 55.2. The minimum Gasteiger partial charge on any atom is -0.481 e. The van der Waals surface area contributed by atoms with Crippen LogP contribution in [-0.4, -0.2) is 98.0 Å². The number of pyridine rings is 1. The van der Waals surface area contributed by atoms with Crippen LogP contribution in [0, 0.1) is 22.7 Å². The predicted octanol–water partition coefficient (Wildman–Crippen LogP) is 0.166. The molecular weight excluding hydrogens is 512 g/mol. The first-order valence-electron chi connectivity index (χ1n) is 12.3. The topological polar surface area (TPSA) is 228 Å². The van der Waals surface area contributed by atoms with Crippen molar-refractivity contribution >= 4 is 29.6 Å². The Morgan fingerprint density at radius 1 is 1.13 bits per heavy atom. The van der Waals surface area contributed by atoms with Gasteiger partial charge >= 0.3 is 17.9 Å². The molecule has 2 aliphatic rings. The summed E-state index contributed by atoms with van der Waals surface area (Å²) in [6, 6.07) is 8.36. The van der Waals surface area contributed by atoms with Crippen molar-refractivity contribution in [2.24, 2.45) is 0 Å². The van der Waals surface area contributed by atoms with Crippen LogP contribution in [0.5, 0.6) is 0 Å². The van der Waals surface area contributed by atoms with Crippen molar-refractivity contribution in [1.82, 2.24) is 15.2 Å². The molecule has 0 aromatic carbocycles. The molecule has 1 aliphatic heterocycles. The van der Waals surface area contributed by atoms with Crippen molar-refractivity contribution in [3.05, 3.63) is 23.9 Å². The van der Waals surface area contributed by atoms with E-state index in [4.69, 9.17) is 30.9 Å². The Labute approximate surface area is 225 Å². The molecule has 2 fully saturated rings. The number of carboxylic acids is 3. The fourth-order valence-electron chi connectivity index (χ4n) is 4.59. The first-order valence-corrected chi connectivity index (χ1v) is 12.3. The molecule has 0 bridgehead atoms. The lowest BCUT2D eigenvalue weighted by molar-refractivity contribution is -0.170. The number of carbonyl (C=O) groups is 4. The number of hydrogen-bond acceptors (Lipinski definition) is 10. The van der Waals surface area contributed by atoms with Crippen LogP contribution in [0.2, 0.25) is 0 Å². The molecule has 14 heteroatoms. The number of aromatic nitrogens is 1. The average molecular weight is 545 g/mol. The number of likely N-dealkylation sites (tertiary alicyclic amines) is 1. The second kappa shape index (κ2) is 14.0. The lowest BCUT2D eigenvalue weighted by Crippen LogP contribution is -2.43. The molecule has 1 aromatic rings. The van der Waals surface area contributed by atoms with Crippen LogP contribution in [0.25, 0.3) is 0 Å². The van der Waals surface area contributed by atoms with Crippen molar-refractivity contribution in [3.8, 4) is 12.1 Å². The molecule has 3 rings (SSSR count). The van der Waals surface area contributed by atoms with Crippen LogP contribution in [0.4, 0.5) is 5.82 Å². The number of nitrogens with zero attached hydrogens (tertiary/aromatic N) is 5. The molecule has 0 radical (unpaired) electrons. The Bertz CT molecular complexity index is 1110. The number of nitriles is 2. The van der Waals surface area contributed by atoms with Gasteiger partial charge in [0.25, 0.3) is 0 Å². The molecule has 1 saturated carbocycles. The van der Waals surface area contributed by atoms with Gasteiger partial charge in [-0.25, -0.2) is 9.78 Å². The lowest BCUT2D eigenvalue weighted by Gasteiger charge is -2.26. The number of rotatable bonds is 10. The number of nitrogens with one attached hydrogen (secondary N) is 1. The highest BCUT2D eigenvalue weighted by atomic mass is 16.4. The number of anilines is 1. The zero-order chi connectivity index (χ0) is 29.2. The van der Waals surface area contributed by atoms with Gasteiger partial charge < -0.3 is 35.5 Å². The van der Waals surface area contributed by atoms with Gasteiger partial charge in [-0.1, -0.05) is 0 Å². The zero-order valence-electron chi connectivity index (χ0n) is 21.5. The van der Waals surface area contributed by atoms with E-state index < -0.39 is 36.4 Å². The lowest BCUT2D eigenvalue weighted by atomic mass is 9.96. The van der Waals surface area contributed by atoms with Crippen LogP contribution in [-0.2, 0) is 19.2 Å². The second-order valence-electron chi connectivity index (χ2n) is 9.52. The number of aliphatic hydroxyl groups is 1. The SMILES string of the molecule is CN(c1ccc(C#N)cn1)C1CCC(NCC(=O)N2CCC[C@H]2C#N)C1.O=C(O)CC(O)(CC(=O)O)C(=O)O. The second-order valence-corrected chi connectivity index (χ2v) is 9.52. The number of hydrogen-bond donors (Lipinski definition) is 5. The normalized spacial score (nSPS) is 20.2. The molecule has 1 aliphatic carbocycles. The summed E-state index contributed by atoms with van der Waals surface area (Å²) in [7, 11) is 2.02. The van der Waals surface area contributed by atoms with Gasteiger partial charge in [0, 0.05) is 31.9 Å². The van der Waals surface area contributed by atoms with Gasteiger partial charge in [-0.15, -0.1) is 0 Å². The van der Waals surface area contributed by atoms with E-state index in [1.54, 1.807) is 17.2 Å². The molecule has 3 atom stereocenters. The van der Waals surface area contributed by atoms with Gasteiger partial charge in [-0.2, -0.15) is 10.5 Å². The van der Waals surface area contributed by atoms with E-state index in [-0.39, 0.29) is 11.9 Å². The molecule has 5 N–H and O–H groups in total. The molecule has 0 spiro atoms. The minimum atomic E-state index is -2.74. The number of aliphatic carboxylic acids is 3. The van der Waals surface area contributed by atoms with Crippen molar-refractivity contribution in [2.75, 3.05) is 25.0 Å². The molecule has 1 saturated heterocycles. The standard InChI is InChI=1S/C19H24N6O.C6H8O7/c1-24(18-7-4-14(10-20)12-23-18)16-6-5-15(9-16)22-13-19(26)25-8-2-3-17(25)11-21;7-3(8)1-6(13,5(11)12)2-4(9)10/h4,7,12,15-17,22H,2-3,5-6,8-9,13H2,1H3;13H,1-2H2,(H,7,8)(H,9,10)(H,11,12)/t15?,16?,17-;/m0./s1. The summed E-state index contributed by atoms with van der Waals surface area (Å²) in [6.45, 7) is 0.994. The highest BCUT2D eigenvalue weighted by molar-refractivity contribution is 5.88. The summed E-state index contributed by atoms with van der Waals surface area (Å²) in [6.07, 6.45) is 4.01. The van der Waals surface area contributed by atoms with E-state index in [0.29, 0.717) is 30.7 Å². The van der Waals surface area contributed by atoms with Gasteiger partial charge in [0.2, 0.25) is 5.91 Å². The number of carboxylic acid groups (broad SMARTS) is 3. The van der Waals surface area contributed by atoms with Crippen molar-refractivity contribution < 1.29 is 39.6 Å². The van der Waals surface area contributed by atoms with Crippen LogP contribution >= 0.6 is 0 Å². The molecule has 1 aromatic heterocycles. The number of carbonyl (C=O) groups excluding carboxylic acids is 1. The van der Waals surface area contributed by atoms with E-state index >= 15 is 0 Å². The van der Waals surface area contributed by atoms with Gasteiger partial charge in [-0.05, 0) is 44.2 Å². The smallest absolute Gasteiger partial charge is 0.336 e. The molecule has 210 valence electrons. The van der Waals surface area contributed by atoms with Crippen molar-refractivity contribution in [3.63, 3.8) is 0 Å². The van der Waals surface area contributed by atoms with Gasteiger partial charge in [0.1, 0.15) is 17.9 Å². The van der Waals surface area contributed by atoms with E-state index in [9.17, 15) is 19.2 Å². The van der Waals surface area contributed by atoms with Crippen LogP contribution < -0.4 is 10.2 Å². The fraction of sp³-hybridized carbons (Fsp3) is 0.560. The van der Waals surface area contributed by atoms with Gasteiger partial charge in [-0.3, -0.25) is 14.4 Å². The quantitative estimate of drug-likeness (QED) is 0.265. The Hall–Kier alpha value is -4.27. The maximum atomic E-state index is 12.3. The Balaban J connectivity index is 0.000000349. The third-order valence-electron chi connectivity index (χ3n) is 6.74. The zero-order valence-corrected chi connectivity index (χ0v) is 21.5. The van der Waals surface area contributed by atoms with Crippen LogP contribution in [0.1, 0.15) is 50.5 Å². The first kappa shape index (κ1) is 31.0. The monoisotopic (exact) mass is 544 g/mol. The summed E-state index contributed by atoms with van der Waals surface area (Å²) in [5.74, 6) is -4.13. The Morgan fingerprint density at radius 3 is 2.31 bits per heavy atom. The predicted molar refractivity (Wildman–Crippen MR) is 134 cm³/mol. The fourth-order valence-corrected chi connectivity index (χ4v) is 4.59. The van der Waals surface area contributed by atoms with E-state index in [0.717, 1.165) is 37.9 Å². The summed E-state index contributed by atoms with van der Waals surface area (Å²) in [4.78, 5) is 51.0. The molecule has 1 amide bonds. The minimum absolute atomic E-state index is 0.0274. The van der Waals surface area contributed by atoms with Crippen molar-refractivity contribution in [1.29, 1.82) is 10.5 Å². The largest absolute Gasteiger partial charge is 0.481 e. The van der Waals surface area contributed by atoms with Gasteiger partial charge in [0.05, 0.1) is 31.0 Å². The molecule has 2 unspecified atom stereocenters. The van der Waals surface area contributed by atoms with E-state index in [1.807, 2.05) is 13.1 Å². The first-order chi connectivity index (χ1) is 18.4. The summed E-state index contributed by atoms with van der Waals surface area (Å²) < 4.78 is 0. The average Bonchev–Trinajstić information content (AvgIpc) is 3.56. The van der Waals surface area contributed by atoms with E-state index in [1.165, 1.54) is 0 Å². The van der Waals surface area contributed by atoms with Crippen LogP contribution in [0.15, 0.2) is 18.3 Å². The molecule has 14 nitrogen and oxygen atoms in total. The van der Waals surface area contributed by atoms with Crippen LogP contribution in [0.3, 0.4) is 0 Å². The Morgan fingerprint density at radius 2 is 1.79 bits per heavy atom. The maximum absolute atomic E-state index is 12.3. The molecular formula is C25H32N6O8. The molecule has 39 heavy (non-hydrogen) atoms. The molecule has 2 heterocycles. The number of amides is 1. The van der Waals surface area contributed by atoms with Crippen molar-refractivity contribution in [2.45, 2.75) is 68.7 Å². The Kier molecular flexibility index (Phi) is 11.1. The highest BCUT2D eigenvalue weighted by Crippen LogP contribution is 2.26. The maximum Gasteiger partial charge on any atom is 0.336 e. The van der Waals surface area contributed by atoms with E-state index in [2.05, 4.69) is 27.3 Å². The summed E-state index contributed by atoms with van der Waals surface area (Å²) in [5.41, 5.74) is -2.18.